The highest BCUT2D eigenvalue weighted by Gasteiger charge is 2.17. The maximum Gasteiger partial charge on any atom is 0.235 e. The molecule has 0 spiro atoms. The normalized spacial score (nSPS) is 24.3. The lowest BCUT2D eigenvalue weighted by Crippen LogP contribution is -2.38. The van der Waals surface area contributed by atoms with Crippen LogP contribution in [0.4, 0.5) is 0 Å². The maximum atomic E-state index is 10.9. The van der Waals surface area contributed by atoms with Crippen molar-refractivity contribution < 1.29 is 4.79 Å². The Morgan fingerprint density at radius 2 is 2.54 bits per heavy atom. The summed E-state index contributed by atoms with van der Waals surface area (Å²) in [5.41, 5.74) is 6.86. The van der Waals surface area contributed by atoms with Crippen LogP contribution in [0.25, 0.3) is 0 Å². The SMILES string of the molecule is CC(CC1CCCN1)NC(=O)C[NH]. The van der Waals surface area contributed by atoms with Gasteiger partial charge in [-0.05, 0) is 32.7 Å². The minimum Gasteiger partial charge on any atom is -0.352 e. The molecule has 0 bridgehead atoms. The molecule has 13 heavy (non-hydrogen) atoms. The Bertz CT molecular complexity index is 166. The highest BCUT2D eigenvalue weighted by atomic mass is 16.1. The molecule has 1 aliphatic rings. The van der Waals surface area contributed by atoms with Crippen LogP contribution < -0.4 is 16.4 Å². The first-order valence-corrected chi connectivity index (χ1v) is 4.89. The van der Waals surface area contributed by atoms with E-state index in [1.54, 1.807) is 0 Å². The van der Waals surface area contributed by atoms with E-state index >= 15 is 0 Å². The molecule has 1 fully saturated rings. The Balaban J connectivity index is 2.16. The molecule has 0 aromatic carbocycles. The van der Waals surface area contributed by atoms with E-state index in [0.29, 0.717) is 6.04 Å². The lowest BCUT2D eigenvalue weighted by Gasteiger charge is -2.17. The Morgan fingerprint density at radius 1 is 1.77 bits per heavy atom. The zero-order valence-corrected chi connectivity index (χ0v) is 8.10. The summed E-state index contributed by atoms with van der Waals surface area (Å²) in [5.74, 6) is -0.175. The number of hydrogen-bond acceptors (Lipinski definition) is 2. The van der Waals surface area contributed by atoms with Crippen molar-refractivity contribution in [3.8, 4) is 0 Å². The summed E-state index contributed by atoms with van der Waals surface area (Å²) >= 11 is 0. The van der Waals surface area contributed by atoms with E-state index in [1.165, 1.54) is 12.8 Å². The van der Waals surface area contributed by atoms with Crippen LogP contribution in [0, 0.1) is 0 Å². The molecule has 4 heteroatoms. The summed E-state index contributed by atoms with van der Waals surface area (Å²) in [4.78, 5) is 10.9. The largest absolute Gasteiger partial charge is 0.352 e. The van der Waals surface area contributed by atoms with Gasteiger partial charge < -0.3 is 10.6 Å². The Morgan fingerprint density at radius 3 is 3.08 bits per heavy atom. The van der Waals surface area contributed by atoms with E-state index < -0.39 is 0 Å². The predicted octanol–water partition coefficient (Wildman–Crippen LogP) is -0.0839. The second-order valence-corrected chi connectivity index (χ2v) is 3.67. The summed E-state index contributed by atoms with van der Waals surface area (Å²) < 4.78 is 0. The standard InChI is InChI=1S/C9H18N3O/c1-7(12-9(13)6-10)5-8-3-2-4-11-8/h7-8,10-11H,2-6H2,1H3,(H,12,13). The van der Waals surface area contributed by atoms with Crippen LogP contribution in [0.5, 0.6) is 0 Å². The van der Waals surface area contributed by atoms with E-state index in [9.17, 15) is 4.79 Å². The van der Waals surface area contributed by atoms with Crippen LogP contribution in [0.3, 0.4) is 0 Å². The van der Waals surface area contributed by atoms with Crippen molar-refractivity contribution in [2.45, 2.75) is 38.3 Å². The van der Waals surface area contributed by atoms with Gasteiger partial charge in [0.15, 0.2) is 0 Å². The molecule has 0 aliphatic carbocycles. The van der Waals surface area contributed by atoms with Gasteiger partial charge in [0.25, 0.3) is 0 Å². The zero-order chi connectivity index (χ0) is 9.68. The average Bonchev–Trinajstić information content (AvgIpc) is 2.56. The molecule has 2 atom stereocenters. The van der Waals surface area contributed by atoms with Crippen molar-refractivity contribution in [3.05, 3.63) is 0 Å². The van der Waals surface area contributed by atoms with Crippen LogP contribution in [-0.4, -0.2) is 31.1 Å². The molecular formula is C9H18N3O. The second-order valence-electron chi connectivity index (χ2n) is 3.67. The van der Waals surface area contributed by atoms with Gasteiger partial charge in [0.1, 0.15) is 0 Å². The quantitative estimate of drug-likeness (QED) is 0.641. The molecular weight excluding hydrogens is 166 g/mol. The smallest absolute Gasteiger partial charge is 0.235 e. The molecule has 0 aromatic rings. The first kappa shape index (κ1) is 10.5. The Labute approximate surface area is 79.3 Å². The molecule has 75 valence electrons. The van der Waals surface area contributed by atoms with Crippen molar-refractivity contribution in [2.24, 2.45) is 0 Å². The van der Waals surface area contributed by atoms with Crippen molar-refractivity contribution in [1.29, 1.82) is 0 Å². The average molecular weight is 184 g/mol. The van der Waals surface area contributed by atoms with Crippen molar-refractivity contribution in [1.82, 2.24) is 16.4 Å². The molecule has 3 N–H and O–H groups in total. The molecule has 0 saturated carbocycles. The highest BCUT2D eigenvalue weighted by Crippen LogP contribution is 2.10. The minimum absolute atomic E-state index is 0.164. The summed E-state index contributed by atoms with van der Waals surface area (Å²) in [6, 6.07) is 0.745. The van der Waals surface area contributed by atoms with Crippen LogP contribution in [-0.2, 0) is 4.79 Å². The molecule has 1 amide bonds. The monoisotopic (exact) mass is 184 g/mol. The third kappa shape index (κ3) is 3.74. The second kappa shape index (κ2) is 5.19. The van der Waals surface area contributed by atoms with Gasteiger partial charge in [0.05, 0.1) is 6.54 Å². The number of nitrogens with one attached hydrogen (secondary N) is 3. The van der Waals surface area contributed by atoms with Gasteiger partial charge in [0.2, 0.25) is 5.91 Å². The van der Waals surface area contributed by atoms with Crippen LogP contribution in [0.2, 0.25) is 0 Å². The summed E-state index contributed by atoms with van der Waals surface area (Å²) in [7, 11) is 0. The fourth-order valence-electron chi connectivity index (χ4n) is 1.77. The van der Waals surface area contributed by atoms with E-state index in [1.807, 2.05) is 6.92 Å². The van der Waals surface area contributed by atoms with Crippen molar-refractivity contribution in [2.75, 3.05) is 13.1 Å². The molecule has 1 radical (unpaired) electrons. The number of carbonyl (C=O) groups excluding carboxylic acids is 1. The maximum absolute atomic E-state index is 10.9. The third-order valence-electron chi connectivity index (χ3n) is 2.37. The summed E-state index contributed by atoms with van der Waals surface area (Å²) in [5, 5.41) is 6.17. The Kier molecular flexibility index (Phi) is 4.18. The fourth-order valence-corrected chi connectivity index (χ4v) is 1.77. The molecule has 1 heterocycles. The summed E-state index contributed by atoms with van der Waals surface area (Å²) in [6.07, 6.45) is 3.43. The van der Waals surface area contributed by atoms with Crippen molar-refractivity contribution >= 4 is 5.91 Å². The molecule has 4 nitrogen and oxygen atoms in total. The zero-order valence-electron chi connectivity index (χ0n) is 8.10. The van der Waals surface area contributed by atoms with E-state index in [0.717, 1.165) is 13.0 Å². The minimum atomic E-state index is -0.175. The fraction of sp³-hybridized carbons (Fsp3) is 0.889. The molecule has 1 saturated heterocycles. The molecule has 1 aliphatic heterocycles. The number of rotatable bonds is 4. The molecule has 2 unspecified atom stereocenters. The van der Waals surface area contributed by atoms with E-state index in [-0.39, 0.29) is 18.5 Å². The number of amides is 1. The topological polar surface area (TPSA) is 64.9 Å². The van der Waals surface area contributed by atoms with Gasteiger partial charge in [-0.2, -0.15) is 0 Å². The van der Waals surface area contributed by atoms with Gasteiger partial charge in [-0.3, -0.25) is 4.79 Å². The predicted molar refractivity (Wildman–Crippen MR) is 51.2 cm³/mol. The van der Waals surface area contributed by atoms with Gasteiger partial charge in [-0.1, -0.05) is 0 Å². The first-order chi connectivity index (χ1) is 6.22. The van der Waals surface area contributed by atoms with Crippen LogP contribution in [0.15, 0.2) is 0 Å². The van der Waals surface area contributed by atoms with Crippen LogP contribution in [0.1, 0.15) is 26.2 Å². The first-order valence-electron chi connectivity index (χ1n) is 4.89. The van der Waals surface area contributed by atoms with Gasteiger partial charge in [-0.25, -0.2) is 5.73 Å². The van der Waals surface area contributed by atoms with E-state index in [4.69, 9.17) is 5.73 Å². The number of hydrogen-bond donors (Lipinski definition) is 2. The van der Waals surface area contributed by atoms with Gasteiger partial charge in [0, 0.05) is 12.1 Å². The van der Waals surface area contributed by atoms with Crippen molar-refractivity contribution in [3.63, 3.8) is 0 Å². The Hall–Kier alpha value is -0.610. The lowest BCUT2D eigenvalue weighted by atomic mass is 10.1. The summed E-state index contributed by atoms with van der Waals surface area (Å²) in [6.45, 7) is 2.93. The van der Waals surface area contributed by atoms with Gasteiger partial charge >= 0.3 is 0 Å². The van der Waals surface area contributed by atoms with Gasteiger partial charge in [-0.15, -0.1) is 0 Å². The van der Waals surface area contributed by atoms with Crippen LogP contribution >= 0.6 is 0 Å². The third-order valence-corrected chi connectivity index (χ3v) is 2.37. The highest BCUT2D eigenvalue weighted by molar-refractivity contribution is 5.77. The number of carbonyl (C=O) groups is 1. The molecule has 0 aromatic heterocycles. The molecule has 1 rings (SSSR count). The van der Waals surface area contributed by atoms with E-state index in [2.05, 4.69) is 10.6 Å². The lowest BCUT2D eigenvalue weighted by molar-refractivity contribution is -0.120.